The van der Waals surface area contributed by atoms with E-state index in [0.717, 1.165) is 6.42 Å². The Morgan fingerprint density at radius 3 is 2.56 bits per heavy atom. The second kappa shape index (κ2) is 3.17. The number of hydrogen-bond acceptors (Lipinski definition) is 3. The fourth-order valence-corrected chi connectivity index (χ4v) is 3.01. The van der Waals surface area contributed by atoms with Gasteiger partial charge in [0.1, 0.15) is 11.2 Å². The molecule has 0 bridgehead atoms. The van der Waals surface area contributed by atoms with Crippen molar-refractivity contribution in [1.29, 1.82) is 0 Å². The first-order chi connectivity index (χ1) is 7.22. The van der Waals surface area contributed by atoms with Gasteiger partial charge >= 0.3 is 0 Å². The van der Waals surface area contributed by atoms with Gasteiger partial charge in [-0.05, 0) is 37.8 Å². The third kappa shape index (κ3) is 1.45. The molecule has 0 aromatic carbocycles. The topological polar surface area (TPSA) is 49.8 Å². The van der Waals surface area contributed by atoms with Crippen LogP contribution in [0.1, 0.15) is 40.5 Å². The van der Waals surface area contributed by atoms with Crippen molar-refractivity contribution >= 4 is 5.78 Å². The Morgan fingerprint density at radius 1 is 1.38 bits per heavy atom. The lowest BCUT2D eigenvalue weighted by atomic mass is 9.63. The molecule has 2 aliphatic rings. The molecule has 3 heteroatoms. The summed E-state index contributed by atoms with van der Waals surface area (Å²) in [5.74, 6) is 0.0186. The Labute approximate surface area is 96.5 Å². The van der Waals surface area contributed by atoms with Crippen LogP contribution < -0.4 is 0 Å². The van der Waals surface area contributed by atoms with Crippen LogP contribution in [-0.2, 0) is 9.53 Å². The summed E-state index contributed by atoms with van der Waals surface area (Å²) in [4.78, 5) is 11.0. The Morgan fingerprint density at radius 2 is 2.00 bits per heavy atom. The third-order valence-corrected chi connectivity index (χ3v) is 4.32. The maximum atomic E-state index is 11.0. The van der Waals surface area contributed by atoms with Crippen LogP contribution in [0.4, 0.5) is 0 Å². The molecule has 1 aliphatic carbocycles. The van der Waals surface area contributed by atoms with Crippen LogP contribution in [0.3, 0.4) is 0 Å². The SMILES string of the molecule is CC(=O)C=C[C@]12C[C@@H](O)CC(C)(C)[C@@]1(C)O2. The van der Waals surface area contributed by atoms with Gasteiger partial charge in [0, 0.05) is 6.42 Å². The molecule has 3 atom stereocenters. The molecule has 0 unspecified atom stereocenters. The normalized spacial score (nSPS) is 45.4. The molecule has 0 aromatic rings. The van der Waals surface area contributed by atoms with Gasteiger partial charge < -0.3 is 9.84 Å². The van der Waals surface area contributed by atoms with Crippen molar-refractivity contribution in [3.8, 4) is 0 Å². The highest BCUT2D eigenvalue weighted by Crippen LogP contribution is 2.65. The fourth-order valence-electron chi connectivity index (χ4n) is 3.01. The molecule has 0 radical (unpaired) electrons. The quantitative estimate of drug-likeness (QED) is 0.575. The summed E-state index contributed by atoms with van der Waals surface area (Å²) in [5.41, 5.74) is -0.739. The summed E-state index contributed by atoms with van der Waals surface area (Å²) >= 11 is 0. The summed E-state index contributed by atoms with van der Waals surface area (Å²) in [5, 5.41) is 9.89. The molecule has 2 rings (SSSR count). The maximum absolute atomic E-state index is 11.0. The van der Waals surface area contributed by atoms with Gasteiger partial charge in [-0.2, -0.15) is 0 Å². The Bertz CT molecular complexity index is 358. The zero-order valence-corrected chi connectivity index (χ0v) is 10.4. The van der Waals surface area contributed by atoms with E-state index < -0.39 is 5.60 Å². The highest BCUT2D eigenvalue weighted by Gasteiger charge is 2.74. The summed E-state index contributed by atoms with van der Waals surface area (Å²) in [7, 11) is 0. The van der Waals surface area contributed by atoms with Crippen molar-refractivity contribution in [1.82, 2.24) is 0 Å². The van der Waals surface area contributed by atoms with Gasteiger partial charge in [0.2, 0.25) is 0 Å². The van der Waals surface area contributed by atoms with Crippen molar-refractivity contribution in [3.05, 3.63) is 12.2 Å². The molecule has 2 fully saturated rings. The number of epoxide rings is 1. The van der Waals surface area contributed by atoms with Gasteiger partial charge in [-0.15, -0.1) is 0 Å². The molecular weight excluding hydrogens is 204 g/mol. The predicted molar refractivity (Wildman–Crippen MR) is 61.1 cm³/mol. The first kappa shape index (κ1) is 11.8. The van der Waals surface area contributed by atoms with Crippen molar-refractivity contribution < 1.29 is 14.6 Å². The molecule has 0 amide bonds. The molecule has 0 aromatic heterocycles. The number of carbonyl (C=O) groups excluding carboxylic acids is 1. The Kier molecular flexibility index (Phi) is 2.34. The number of aliphatic hydroxyl groups excluding tert-OH is 1. The van der Waals surface area contributed by atoms with Crippen molar-refractivity contribution in [2.45, 2.75) is 57.8 Å². The second-order valence-electron chi connectivity index (χ2n) is 5.91. The van der Waals surface area contributed by atoms with Crippen LogP contribution in [-0.4, -0.2) is 28.2 Å². The summed E-state index contributed by atoms with van der Waals surface area (Å²) < 4.78 is 5.89. The van der Waals surface area contributed by atoms with Crippen LogP contribution in [0.15, 0.2) is 12.2 Å². The van der Waals surface area contributed by atoms with Crippen molar-refractivity contribution in [2.75, 3.05) is 0 Å². The van der Waals surface area contributed by atoms with Crippen LogP contribution in [0.2, 0.25) is 0 Å². The lowest BCUT2D eigenvalue weighted by Crippen LogP contribution is -2.45. The summed E-state index contributed by atoms with van der Waals surface area (Å²) in [6.45, 7) is 7.82. The molecule has 1 N–H and O–H groups in total. The number of hydrogen-bond donors (Lipinski definition) is 1. The van der Waals surface area contributed by atoms with E-state index in [9.17, 15) is 9.90 Å². The molecular formula is C13H20O3. The van der Waals surface area contributed by atoms with E-state index in [1.54, 1.807) is 6.08 Å². The van der Waals surface area contributed by atoms with Gasteiger partial charge in [0.15, 0.2) is 5.78 Å². The van der Waals surface area contributed by atoms with Crippen molar-refractivity contribution in [2.24, 2.45) is 5.41 Å². The molecule has 0 spiro atoms. The molecule has 1 aliphatic heterocycles. The van der Waals surface area contributed by atoms with E-state index in [2.05, 4.69) is 20.8 Å². The van der Waals surface area contributed by atoms with Crippen molar-refractivity contribution in [3.63, 3.8) is 0 Å². The molecule has 1 heterocycles. The minimum Gasteiger partial charge on any atom is -0.393 e. The van der Waals surface area contributed by atoms with E-state index in [1.165, 1.54) is 6.92 Å². The zero-order valence-electron chi connectivity index (χ0n) is 10.4. The highest BCUT2D eigenvalue weighted by atomic mass is 16.6. The lowest BCUT2D eigenvalue weighted by molar-refractivity contribution is -0.112. The van der Waals surface area contributed by atoms with E-state index in [1.807, 2.05) is 6.08 Å². The third-order valence-electron chi connectivity index (χ3n) is 4.32. The standard InChI is InChI=1S/C13H20O3/c1-9(14)5-6-13-8-10(15)7-11(2,3)12(13,4)16-13/h5-6,10,15H,7-8H2,1-4H3/t10-,12+,13-/m0/s1. The molecule has 1 saturated carbocycles. The number of carbonyl (C=O) groups is 1. The molecule has 90 valence electrons. The average molecular weight is 224 g/mol. The second-order valence-corrected chi connectivity index (χ2v) is 5.91. The van der Waals surface area contributed by atoms with Gasteiger partial charge in [0.25, 0.3) is 0 Å². The molecule has 1 saturated heterocycles. The number of rotatable bonds is 2. The van der Waals surface area contributed by atoms with E-state index in [-0.39, 0.29) is 22.9 Å². The van der Waals surface area contributed by atoms with Gasteiger partial charge in [-0.3, -0.25) is 4.79 Å². The van der Waals surface area contributed by atoms with Crippen LogP contribution in [0.25, 0.3) is 0 Å². The van der Waals surface area contributed by atoms with Crippen LogP contribution in [0, 0.1) is 5.41 Å². The number of ether oxygens (including phenoxy) is 1. The fraction of sp³-hybridized carbons (Fsp3) is 0.769. The van der Waals surface area contributed by atoms with Crippen LogP contribution >= 0.6 is 0 Å². The molecule has 3 nitrogen and oxygen atoms in total. The summed E-state index contributed by atoms with van der Waals surface area (Å²) in [6.07, 6.45) is 4.39. The zero-order chi connectivity index (χ0) is 12.2. The van der Waals surface area contributed by atoms with E-state index in [0.29, 0.717) is 6.42 Å². The largest absolute Gasteiger partial charge is 0.393 e. The van der Waals surface area contributed by atoms with Gasteiger partial charge in [-0.25, -0.2) is 0 Å². The highest BCUT2D eigenvalue weighted by molar-refractivity contribution is 5.87. The number of ketones is 1. The number of fused-ring (bicyclic) bond motifs is 1. The predicted octanol–water partition coefficient (Wildman–Crippen LogP) is 1.84. The average Bonchev–Trinajstić information content (AvgIpc) is 2.69. The Balaban J connectivity index is 2.28. The maximum Gasteiger partial charge on any atom is 0.152 e. The minimum absolute atomic E-state index is 0.0186. The monoisotopic (exact) mass is 224 g/mol. The van der Waals surface area contributed by atoms with E-state index in [4.69, 9.17) is 4.74 Å². The first-order valence-electron chi connectivity index (χ1n) is 5.80. The molecule has 16 heavy (non-hydrogen) atoms. The van der Waals surface area contributed by atoms with E-state index >= 15 is 0 Å². The minimum atomic E-state index is -0.431. The van der Waals surface area contributed by atoms with Gasteiger partial charge in [-0.1, -0.05) is 13.8 Å². The number of aliphatic hydroxyl groups is 1. The summed E-state index contributed by atoms with van der Waals surface area (Å²) in [6, 6.07) is 0. The van der Waals surface area contributed by atoms with Gasteiger partial charge in [0.05, 0.1) is 6.10 Å². The lowest BCUT2D eigenvalue weighted by Gasteiger charge is -2.38. The smallest absolute Gasteiger partial charge is 0.152 e. The number of allylic oxidation sites excluding steroid dienone is 1. The van der Waals surface area contributed by atoms with Crippen LogP contribution in [0.5, 0.6) is 0 Å². The Hall–Kier alpha value is -0.670. The first-order valence-corrected chi connectivity index (χ1v) is 5.80.